The summed E-state index contributed by atoms with van der Waals surface area (Å²) in [6.45, 7) is 1.62. The van der Waals surface area contributed by atoms with E-state index in [4.69, 9.17) is 0 Å². The molecule has 2 aliphatic carbocycles. The maximum Gasteiger partial charge on any atom is 0.435 e. The number of aliphatic carboxylic acids is 1. The van der Waals surface area contributed by atoms with Crippen LogP contribution in [0.25, 0.3) is 0 Å². The number of halogens is 7. The first-order valence-electron chi connectivity index (χ1n) is 14.8. The molecule has 2 unspecified atom stereocenters. The standard InChI is InChI=1S/C31H32F7NO6S/c1-2-18-3-7-22(8-4-18)46(44,45)28-15-16-39(26(42)27(43)13-11-19(12-14-27)25(40)41)24(28)10-5-20-17-21(6-9-23(20)28)29(32,30(33,34)35)31(36,37)38/h3-4,6-9,17,19,24,43H,2,5,10-16H2,1H3,(H,40,41). The van der Waals surface area contributed by atoms with Crippen LogP contribution in [0.2, 0.25) is 0 Å². The lowest BCUT2D eigenvalue weighted by Crippen LogP contribution is -2.57. The molecular weight excluding hydrogens is 647 g/mol. The molecule has 252 valence electrons. The fourth-order valence-corrected chi connectivity index (χ4v) is 9.78. The van der Waals surface area contributed by atoms with Crippen LogP contribution in [0.15, 0.2) is 47.4 Å². The predicted molar refractivity (Wildman–Crippen MR) is 149 cm³/mol. The van der Waals surface area contributed by atoms with E-state index in [9.17, 15) is 54.6 Å². The van der Waals surface area contributed by atoms with Crippen molar-refractivity contribution < 1.29 is 59.0 Å². The van der Waals surface area contributed by atoms with Gasteiger partial charge >= 0.3 is 24.0 Å². The number of likely N-dealkylation sites (tertiary alicyclic amines) is 1. The summed E-state index contributed by atoms with van der Waals surface area (Å²) < 4.78 is 124. The number of hydrogen-bond acceptors (Lipinski definition) is 5. The molecule has 2 fully saturated rings. The quantitative estimate of drug-likeness (QED) is 0.376. The first-order chi connectivity index (χ1) is 21.2. The third-order valence-corrected chi connectivity index (χ3v) is 12.6. The summed E-state index contributed by atoms with van der Waals surface area (Å²) in [5.41, 5.74) is -9.03. The molecule has 2 aromatic carbocycles. The van der Waals surface area contributed by atoms with Gasteiger partial charge < -0.3 is 15.1 Å². The van der Waals surface area contributed by atoms with Gasteiger partial charge in [-0.2, -0.15) is 26.3 Å². The zero-order chi connectivity index (χ0) is 34.1. The number of aliphatic hydroxyl groups is 1. The number of hydrogen-bond donors (Lipinski definition) is 2. The number of rotatable bonds is 6. The molecular formula is C31H32F7NO6S. The largest absolute Gasteiger partial charge is 0.481 e. The molecule has 1 saturated carbocycles. The van der Waals surface area contributed by atoms with Gasteiger partial charge in [0.1, 0.15) is 10.3 Å². The van der Waals surface area contributed by atoms with Gasteiger partial charge in [-0.15, -0.1) is 0 Å². The van der Waals surface area contributed by atoms with Gasteiger partial charge in [0.05, 0.1) is 16.9 Å². The van der Waals surface area contributed by atoms with Crippen molar-refractivity contribution >= 4 is 21.7 Å². The van der Waals surface area contributed by atoms with E-state index in [0.717, 1.165) is 11.6 Å². The Labute approximate surface area is 260 Å². The van der Waals surface area contributed by atoms with Crippen molar-refractivity contribution in [1.82, 2.24) is 4.90 Å². The SMILES string of the molecule is CCc1ccc(S(=O)(=O)C23CCN(C(=O)C4(O)CCC(C(=O)O)CC4)C2CCc2cc(C(F)(C(F)(F)F)C(F)(F)F)ccc23)cc1. The molecule has 0 radical (unpaired) electrons. The zero-order valence-electron chi connectivity index (χ0n) is 24.6. The molecule has 2 N–H and O–H groups in total. The Bertz CT molecular complexity index is 1620. The molecule has 2 atom stereocenters. The zero-order valence-corrected chi connectivity index (χ0v) is 25.4. The van der Waals surface area contributed by atoms with Gasteiger partial charge in [0, 0.05) is 12.1 Å². The minimum Gasteiger partial charge on any atom is -0.481 e. The highest BCUT2D eigenvalue weighted by atomic mass is 32.2. The summed E-state index contributed by atoms with van der Waals surface area (Å²) in [6, 6.07) is 6.12. The van der Waals surface area contributed by atoms with Gasteiger partial charge in [-0.1, -0.05) is 37.3 Å². The molecule has 1 heterocycles. The van der Waals surface area contributed by atoms with Crippen LogP contribution in [0.1, 0.15) is 67.7 Å². The van der Waals surface area contributed by atoms with Crippen LogP contribution >= 0.6 is 0 Å². The van der Waals surface area contributed by atoms with Crippen LogP contribution in [0, 0.1) is 5.92 Å². The van der Waals surface area contributed by atoms with E-state index >= 15 is 4.39 Å². The molecule has 0 aromatic heterocycles. The highest BCUT2D eigenvalue weighted by Gasteiger charge is 2.74. The summed E-state index contributed by atoms with van der Waals surface area (Å²) in [5.74, 6) is -2.67. The number of aryl methyl sites for hydroxylation is 2. The average Bonchev–Trinajstić information content (AvgIpc) is 3.40. The van der Waals surface area contributed by atoms with Gasteiger partial charge in [0.25, 0.3) is 5.91 Å². The number of fused-ring (bicyclic) bond motifs is 3. The van der Waals surface area contributed by atoms with E-state index in [1.54, 1.807) is 12.1 Å². The smallest absolute Gasteiger partial charge is 0.435 e. The lowest BCUT2D eigenvalue weighted by molar-refractivity contribution is -0.348. The van der Waals surface area contributed by atoms with Gasteiger partial charge in [-0.05, 0) is 80.2 Å². The van der Waals surface area contributed by atoms with Crippen LogP contribution in [-0.4, -0.2) is 65.9 Å². The maximum atomic E-state index is 15.0. The molecule has 5 rings (SSSR count). The minimum absolute atomic E-state index is 0.00169. The van der Waals surface area contributed by atoms with E-state index in [1.165, 1.54) is 17.0 Å². The number of amides is 1. The second kappa shape index (κ2) is 11.2. The molecule has 2 aromatic rings. The second-order valence-corrected chi connectivity index (χ2v) is 14.6. The molecule has 0 bridgehead atoms. The number of nitrogens with zero attached hydrogens (tertiary/aromatic N) is 1. The third-order valence-electron chi connectivity index (χ3n) is 10.0. The van der Waals surface area contributed by atoms with Crippen molar-refractivity contribution in [2.75, 3.05) is 6.54 Å². The normalized spacial score (nSPS) is 27.2. The van der Waals surface area contributed by atoms with Crippen molar-refractivity contribution in [1.29, 1.82) is 0 Å². The van der Waals surface area contributed by atoms with Crippen molar-refractivity contribution in [3.05, 3.63) is 64.7 Å². The summed E-state index contributed by atoms with van der Waals surface area (Å²) in [5, 5.41) is 20.7. The first kappa shape index (κ1) is 34.1. The molecule has 7 nitrogen and oxygen atoms in total. The Morgan fingerprint density at radius 3 is 2.02 bits per heavy atom. The van der Waals surface area contributed by atoms with Crippen molar-refractivity contribution in [2.24, 2.45) is 5.92 Å². The van der Waals surface area contributed by atoms with E-state index in [0.29, 0.717) is 18.6 Å². The van der Waals surface area contributed by atoms with Gasteiger partial charge in [0.2, 0.25) is 0 Å². The predicted octanol–water partition coefficient (Wildman–Crippen LogP) is 5.76. The van der Waals surface area contributed by atoms with Crippen molar-refractivity contribution in [3.63, 3.8) is 0 Å². The highest BCUT2D eigenvalue weighted by molar-refractivity contribution is 7.92. The Morgan fingerprint density at radius 1 is 0.913 bits per heavy atom. The number of benzene rings is 2. The van der Waals surface area contributed by atoms with Crippen LogP contribution in [0.3, 0.4) is 0 Å². The monoisotopic (exact) mass is 679 g/mol. The summed E-state index contributed by atoms with van der Waals surface area (Å²) in [6.07, 6.45) is -13.4. The fraction of sp³-hybridized carbons (Fsp3) is 0.548. The van der Waals surface area contributed by atoms with Gasteiger partial charge in [0.15, 0.2) is 9.84 Å². The van der Waals surface area contributed by atoms with E-state index in [2.05, 4.69) is 0 Å². The Kier molecular flexibility index (Phi) is 8.32. The molecule has 1 aliphatic heterocycles. The molecule has 3 aliphatic rings. The molecule has 1 saturated heterocycles. The Hall–Kier alpha value is -3.20. The summed E-state index contributed by atoms with van der Waals surface area (Å²) in [7, 11) is -4.53. The number of carboxylic acid groups (broad SMARTS) is 1. The van der Waals surface area contributed by atoms with E-state index < -0.39 is 67.6 Å². The third kappa shape index (κ3) is 4.99. The minimum atomic E-state index is -6.37. The van der Waals surface area contributed by atoms with Crippen LogP contribution in [0.5, 0.6) is 0 Å². The average molecular weight is 680 g/mol. The number of alkyl halides is 7. The Balaban J connectivity index is 1.64. The Morgan fingerprint density at radius 2 is 1.50 bits per heavy atom. The summed E-state index contributed by atoms with van der Waals surface area (Å²) in [4.78, 5) is 26.3. The molecule has 46 heavy (non-hydrogen) atoms. The lowest BCUT2D eigenvalue weighted by atomic mass is 9.75. The number of carbonyl (C=O) groups is 2. The van der Waals surface area contributed by atoms with E-state index in [1.807, 2.05) is 6.92 Å². The topological polar surface area (TPSA) is 112 Å². The van der Waals surface area contributed by atoms with E-state index in [-0.39, 0.29) is 67.5 Å². The molecule has 15 heteroatoms. The maximum absolute atomic E-state index is 15.0. The second-order valence-electron chi connectivity index (χ2n) is 12.4. The first-order valence-corrected chi connectivity index (χ1v) is 16.3. The number of sulfone groups is 1. The fourth-order valence-electron chi connectivity index (χ4n) is 7.41. The van der Waals surface area contributed by atoms with Gasteiger partial charge in [-0.25, -0.2) is 12.8 Å². The highest BCUT2D eigenvalue weighted by Crippen LogP contribution is 2.57. The number of carboxylic acids is 1. The van der Waals surface area contributed by atoms with Gasteiger partial charge in [-0.3, -0.25) is 9.59 Å². The summed E-state index contributed by atoms with van der Waals surface area (Å²) >= 11 is 0. The van der Waals surface area contributed by atoms with Crippen LogP contribution < -0.4 is 0 Å². The van der Waals surface area contributed by atoms with Crippen molar-refractivity contribution in [2.45, 2.75) is 97.6 Å². The van der Waals surface area contributed by atoms with Crippen LogP contribution in [-0.2, 0) is 42.7 Å². The van der Waals surface area contributed by atoms with Crippen molar-refractivity contribution in [3.8, 4) is 0 Å². The lowest BCUT2D eigenvalue weighted by Gasteiger charge is -2.45. The molecule has 0 spiro atoms. The van der Waals surface area contributed by atoms with Crippen LogP contribution in [0.4, 0.5) is 30.7 Å². The molecule has 1 amide bonds. The number of carbonyl (C=O) groups excluding carboxylic acids is 1.